The van der Waals surface area contributed by atoms with E-state index in [4.69, 9.17) is 4.98 Å². The van der Waals surface area contributed by atoms with Gasteiger partial charge in [-0.2, -0.15) is 0 Å². The monoisotopic (exact) mass is 485 g/mol. The van der Waals surface area contributed by atoms with Crippen LogP contribution < -0.4 is 10.9 Å². The number of nitrogens with one attached hydrogen (secondary N) is 1. The summed E-state index contributed by atoms with van der Waals surface area (Å²) in [6, 6.07) is 11.1. The molecule has 0 saturated carbocycles. The number of nitrogens with zero attached hydrogens (tertiary/aromatic N) is 2. The maximum Gasteiger partial charge on any atom is 0.267 e. The Kier molecular flexibility index (Phi) is 6.90. The number of amides is 1. The second kappa shape index (κ2) is 9.84. The number of carbonyl (C=O) groups is 1. The minimum Gasteiger partial charge on any atom is -0.325 e. The summed E-state index contributed by atoms with van der Waals surface area (Å²) in [7, 11) is 0. The summed E-state index contributed by atoms with van der Waals surface area (Å²) in [6.45, 7) is 4.00. The largest absolute Gasteiger partial charge is 0.325 e. The van der Waals surface area contributed by atoms with Crippen LogP contribution in [0.25, 0.3) is 15.9 Å². The van der Waals surface area contributed by atoms with E-state index in [1.54, 1.807) is 0 Å². The highest BCUT2D eigenvalue weighted by Gasteiger charge is 2.20. The molecule has 0 bridgehead atoms. The number of rotatable bonds is 7. The number of thioether (sulfide) groups is 1. The van der Waals surface area contributed by atoms with Crippen molar-refractivity contribution in [1.29, 1.82) is 0 Å². The normalized spacial score (nSPS) is 11.2. The first-order chi connectivity index (χ1) is 15.9. The lowest BCUT2D eigenvalue weighted by molar-refractivity contribution is -0.113. The molecule has 2 aromatic carbocycles. The van der Waals surface area contributed by atoms with Gasteiger partial charge >= 0.3 is 0 Å². The van der Waals surface area contributed by atoms with Gasteiger partial charge in [0, 0.05) is 10.6 Å². The number of carbonyl (C=O) groups excluding carboxylic acids is 1. The van der Waals surface area contributed by atoms with Crippen LogP contribution in [0.4, 0.5) is 14.5 Å². The summed E-state index contributed by atoms with van der Waals surface area (Å²) in [5.41, 5.74) is 1.61. The number of aryl methyl sites for hydroxylation is 2. The van der Waals surface area contributed by atoms with Gasteiger partial charge < -0.3 is 5.32 Å². The van der Waals surface area contributed by atoms with Crippen molar-refractivity contribution in [1.82, 2.24) is 9.55 Å². The maximum absolute atomic E-state index is 13.5. The molecule has 0 spiro atoms. The van der Waals surface area contributed by atoms with Gasteiger partial charge in [0.25, 0.3) is 5.56 Å². The fourth-order valence-electron chi connectivity index (χ4n) is 3.45. The van der Waals surface area contributed by atoms with Crippen LogP contribution in [0.15, 0.2) is 58.5 Å². The average Bonchev–Trinajstić information content (AvgIpc) is 3.10. The smallest absolute Gasteiger partial charge is 0.267 e. The number of hydrogen-bond acceptors (Lipinski definition) is 5. The van der Waals surface area contributed by atoms with E-state index in [0.717, 1.165) is 35.0 Å². The van der Waals surface area contributed by atoms with Crippen LogP contribution >= 0.6 is 23.1 Å². The number of halogens is 2. The van der Waals surface area contributed by atoms with E-state index >= 15 is 0 Å². The fourth-order valence-corrected chi connectivity index (χ4v) is 5.58. The highest BCUT2D eigenvalue weighted by atomic mass is 32.2. The molecule has 4 aromatic rings. The molecule has 4 rings (SSSR count). The molecule has 0 saturated heterocycles. The predicted octanol–water partition coefficient (Wildman–Crippen LogP) is 5.72. The highest BCUT2D eigenvalue weighted by Crippen LogP contribution is 2.31. The van der Waals surface area contributed by atoms with Crippen LogP contribution in [0.5, 0.6) is 0 Å². The molecule has 170 valence electrons. The Morgan fingerprint density at radius 3 is 2.36 bits per heavy atom. The van der Waals surface area contributed by atoms with Crippen LogP contribution in [0.1, 0.15) is 23.8 Å². The average molecular weight is 486 g/mol. The predicted molar refractivity (Wildman–Crippen MR) is 130 cm³/mol. The molecule has 2 heterocycles. The molecule has 9 heteroatoms. The van der Waals surface area contributed by atoms with Crippen LogP contribution in [-0.2, 0) is 11.2 Å². The Morgan fingerprint density at radius 1 is 1.09 bits per heavy atom. The quantitative estimate of drug-likeness (QED) is 0.269. The summed E-state index contributed by atoms with van der Waals surface area (Å²) in [5, 5.41) is 3.59. The first kappa shape index (κ1) is 23.1. The molecule has 1 amide bonds. The zero-order valence-corrected chi connectivity index (χ0v) is 19.7. The fraction of sp³-hybridized carbons (Fsp3) is 0.208. The van der Waals surface area contributed by atoms with E-state index in [0.29, 0.717) is 26.7 Å². The highest BCUT2D eigenvalue weighted by molar-refractivity contribution is 7.99. The van der Waals surface area contributed by atoms with Gasteiger partial charge in [0.05, 0.1) is 16.8 Å². The minimum absolute atomic E-state index is 0.0112. The van der Waals surface area contributed by atoms with Gasteiger partial charge in [0.1, 0.15) is 16.5 Å². The molecule has 0 aliphatic heterocycles. The van der Waals surface area contributed by atoms with Crippen molar-refractivity contribution in [3.05, 3.63) is 81.0 Å². The van der Waals surface area contributed by atoms with Crippen molar-refractivity contribution >= 4 is 44.9 Å². The van der Waals surface area contributed by atoms with Crippen molar-refractivity contribution in [2.75, 3.05) is 11.1 Å². The Labute approximate surface area is 197 Å². The Balaban J connectivity index is 1.71. The van der Waals surface area contributed by atoms with Gasteiger partial charge in [-0.1, -0.05) is 25.1 Å². The van der Waals surface area contributed by atoms with Gasteiger partial charge in [-0.15, -0.1) is 11.3 Å². The number of fused-ring (bicyclic) bond motifs is 1. The molecule has 0 unspecified atom stereocenters. The third-order valence-corrected chi connectivity index (χ3v) is 7.24. The molecule has 5 nitrogen and oxygen atoms in total. The molecule has 33 heavy (non-hydrogen) atoms. The Hall–Kier alpha value is -3.04. The third-order valence-electron chi connectivity index (χ3n) is 5.05. The van der Waals surface area contributed by atoms with Gasteiger partial charge in [0.15, 0.2) is 5.16 Å². The molecule has 1 N–H and O–H groups in total. The lowest BCUT2D eigenvalue weighted by atomic mass is 10.1. The summed E-state index contributed by atoms with van der Waals surface area (Å²) in [4.78, 5) is 32.4. The van der Waals surface area contributed by atoms with E-state index in [-0.39, 0.29) is 17.2 Å². The van der Waals surface area contributed by atoms with Crippen molar-refractivity contribution < 1.29 is 13.6 Å². The second-order valence-electron chi connectivity index (χ2n) is 7.44. The number of hydrogen-bond donors (Lipinski definition) is 1. The van der Waals surface area contributed by atoms with Crippen LogP contribution in [0, 0.1) is 18.6 Å². The van der Waals surface area contributed by atoms with E-state index in [1.807, 2.05) is 6.92 Å². The summed E-state index contributed by atoms with van der Waals surface area (Å²) >= 11 is 2.60. The standard InChI is InChI=1S/C24H21F2N3O2S2/c1-3-4-19-14(2)21-22(33-19)28-24(29(23(21)31)18-11-7-16(26)8-12-18)32-13-20(30)27-17-9-5-15(25)6-10-17/h5-12H,3-4,13H2,1-2H3,(H,27,30). The molecular formula is C24H21F2N3O2S2. The molecule has 0 aliphatic rings. The van der Waals surface area contributed by atoms with Crippen LogP contribution in [0.3, 0.4) is 0 Å². The van der Waals surface area contributed by atoms with E-state index in [2.05, 4.69) is 12.2 Å². The Morgan fingerprint density at radius 2 is 1.73 bits per heavy atom. The lowest BCUT2D eigenvalue weighted by Gasteiger charge is -2.12. The molecular weight excluding hydrogens is 464 g/mol. The first-order valence-electron chi connectivity index (χ1n) is 10.4. The number of anilines is 1. The van der Waals surface area contributed by atoms with Crippen molar-refractivity contribution in [3.8, 4) is 5.69 Å². The van der Waals surface area contributed by atoms with Crippen molar-refractivity contribution in [2.45, 2.75) is 31.8 Å². The first-order valence-corrected chi connectivity index (χ1v) is 12.2. The van der Waals surface area contributed by atoms with Gasteiger partial charge in [-0.25, -0.2) is 13.8 Å². The summed E-state index contributed by atoms with van der Waals surface area (Å²) in [6.07, 6.45) is 1.80. The molecule has 0 radical (unpaired) electrons. The molecule has 0 atom stereocenters. The Bertz CT molecular complexity index is 1360. The van der Waals surface area contributed by atoms with Crippen molar-refractivity contribution in [3.63, 3.8) is 0 Å². The summed E-state index contributed by atoms with van der Waals surface area (Å²) < 4.78 is 28.0. The van der Waals surface area contributed by atoms with Gasteiger partial charge in [-0.05, 0) is 67.4 Å². The lowest BCUT2D eigenvalue weighted by Crippen LogP contribution is -2.23. The summed E-state index contributed by atoms with van der Waals surface area (Å²) in [5.74, 6) is -1.13. The third kappa shape index (κ3) is 4.99. The second-order valence-corrected chi connectivity index (χ2v) is 9.46. The van der Waals surface area contributed by atoms with Crippen LogP contribution in [0.2, 0.25) is 0 Å². The van der Waals surface area contributed by atoms with Gasteiger partial charge in [-0.3, -0.25) is 14.2 Å². The van der Waals surface area contributed by atoms with E-state index < -0.39 is 11.6 Å². The number of aromatic nitrogens is 2. The molecule has 0 fully saturated rings. The van der Waals surface area contributed by atoms with Crippen LogP contribution in [-0.4, -0.2) is 21.2 Å². The molecule has 0 aliphatic carbocycles. The minimum atomic E-state index is -0.411. The van der Waals surface area contributed by atoms with Crippen molar-refractivity contribution in [2.24, 2.45) is 0 Å². The number of benzene rings is 2. The molecule has 2 aromatic heterocycles. The van der Waals surface area contributed by atoms with E-state index in [9.17, 15) is 18.4 Å². The zero-order chi connectivity index (χ0) is 23.5. The topological polar surface area (TPSA) is 64.0 Å². The SMILES string of the molecule is CCCc1sc2nc(SCC(=O)Nc3ccc(F)cc3)n(-c3ccc(F)cc3)c(=O)c2c1C. The zero-order valence-electron chi connectivity index (χ0n) is 18.0. The van der Waals surface area contributed by atoms with Gasteiger partial charge in [0.2, 0.25) is 5.91 Å². The number of thiophene rings is 1. The maximum atomic E-state index is 13.5. The van der Waals surface area contributed by atoms with E-state index in [1.165, 1.54) is 64.4 Å².